The minimum Gasteiger partial charge on any atom is -0.494 e. The van der Waals surface area contributed by atoms with E-state index in [0.29, 0.717) is 18.9 Å². The first-order valence-electron chi connectivity index (χ1n) is 8.98. The van der Waals surface area contributed by atoms with E-state index in [1.807, 2.05) is 0 Å². The molecule has 1 saturated heterocycles. The Labute approximate surface area is 149 Å². The highest BCUT2D eigenvalue weighted by Crippen LogP contribution is 2.11. The summed E-state index contributed by atoms with van der Waals surface area (Å²) >= 11 is 0. The number of benzene rings is 1. The first-order chi connectivity index (χ1) is 12.3. The van der Waals surface area contributed by atoms with E-state index < -0.39 is 0 Å². The van der Waals surface area contributed by atoms with Crippen LogP contribution in [-0.4, -0.2) is 69.9 Å². The molecule has 2 rings (SSSR count). The number of hydrogen-bond acceptors (Lipinski definition) is 4. The minimum atomic E-state index is -0.254. The maximum Gasteiger partial charge on any atom is 0.191 e. The van der Waals surface area contributed by atoms with Gasteiger partial charge in [0.05, 0.1) is 19.8 Å². The lowest BCUT2D eigenvalue weighted by Gasteiger charge is -2.26. The van der Waals surface area contributed by atoms with Crippen LogP contribution in [0.1, 0.15) is 13.3 Å². The zero-order valence-electron chi connectivity index (χ0n) is 15.0. The Morgan fingerprint density at radius 2 is 2.00 bits per heavy atom. The molecule has 1 aromatic rings. The van der Waals surface area contributed by atoms with Crippen LogP contribution in [0.4, 0.5) is 4.39 Å². The molecule has 0 spiro atoms. The van der Waals surface area contributed by atoms with Crippen LogP contribution in [0.15, 0.2) is 29.3 Å². The van der Waals surface area contributed by atoms with Crippen molar-refractivity contribution in [1.82, 2.24) is 15.5 Å². The molecule has 140 valence electrons. The molecule has 0 bridgehead atoms. The molecule has 0 atom stereocenters. The van der Waals surface area contributed by atoms with Gasteiger partial charge in [-0.2, -0.15) is 0 Å². The molecule has 1 aromatic carbocycles. The third-order valence-electron chi connectivity index (χ3n) is 3.82. The van der Waals surface area contributed by atoms with Crippen LogP contribution < -0.4 is 15.4 Å². The smallest absolute Gasteiger partial charge is 0.191 e. The fraction of sp³-hybridized carbons (Fsp3) is 0.611. The van der Waals surface area contributed by atoms with E-state index in [4.69, 9.17) is 9.47 Å². The van der Waals surface area contributed by atoms with Crippen molar-refractivity contribution >= 4 is 5.96 Å². The normalized spacial score (nSPS) is 15.8. The van der Waals surface area contributed by atoms with Gasteiger partial charge >= 0.3 is 0 Å². The van der Waals surface area contributed by atoms with E-state index in [0.717, 1.165) is 58.3 Å². The van der Waals surface area contributed by atoms with E-state index in [2.05, 4.69) is 27.4 Å². The zero-order chi connectivity index (χ0) is 17.7. The molecule has 25 heavy (non-hydrogen) atoms. The number of guanidine groups is 1. The molecule has 1 aliphatic heterocycles. The van der Waals surface area contributed by atoms with E-state index in [-0.39, 0.29) is 5.82 Å². The highest BCUT2D eigenvalue weighted by Gasteiger charge is 2.09. The summed E-state index contributed by atoms with van der Waals surface area (Å²) in [4.78, 5) is 6.94. The number of ether oxygens (including phenoxy) is 2. The monoisotopic (exact) mass is 352 g/mol. The standard InChI is InChI=1S/C18H29FN4O2/c1-2-20-18(22-9-10-23-11-14-24-15-12-23)21-8-3-13-25-17-6-4-16(19)5-7-17/h4-7H,2-3,8-15H2,1H3,(H2,20,21,22). The van der Waals surface area contributed by atoms with E-state index in [1.165, 1.54) is 12.1 Å². The van der Waals surface area contributed by atoms with E-state index >= 15 is 0 Å². The summed E-state index contributed by atoms with van der Waals surface area (Å²) in [6.07, 6.45) is 0.803. The van der Waals surface area contributed by atoms with E-state index in [9.17, 15) is 4.39 Å². The Morgan fingerprint density at radius 1 is 1.24 bits per heavy atom. The van der Waals surface area contributed by atoms with Gasteiger partial charge in [0.2, 0.25) is 0 Å². The molecule has 1 aliphatic rings. The summed E-state index contributed by atoms with van der Waals surface area (Å²) in [5.74, 6) is 1.26. The average molecular weight is 352 g/mol. The van der Waals surface area contributed by atoms with Gasteiger partial charge in [-0.1, -0.05) is 0 Å². The summed E-state index contributed by atoms with van der Waals surface area (Å²) in [6.45, 7) is 9.60. The molecular weight excluding hydrogens is 323 g/mol. The second-order valence-corrected chi connectivity index (χ2v) is 5.80. The van der Waals surface area contributed by atoms with E-state index in [1.54, 1.807) is 12.1 Å². The largest absolute Gasteiger partial charge is 0.494 e. The van der Waals surface area contributed by atoms with Crippen molar-refractivity contribution < 1.29 is 13.9 Å². The topological polar surface area (TPSA) is 58.1 Å². The third-order valence-corrected chi connectivity index (χ3v) is 3.82. The number of nitrogens with one attached hydrogen (secondary N) is 2. The Hall–Kier alpha value is -1.86. The predicted molar refractivity (Wildman–Crippen MR) is 97.8 cm³/mol. The van der Waals surface area contributed by atoms with Crippen molar-refractivity contribution in [2.75, 3.05) is 59.1 Å². The molecule has 0 unspecified atom stereocenters. The zero-order valence-corrected chi connectivity index (χ0v) is 15.0. The van der Waals surface area contributed by atoms with Gasteiger partial charge in [0.1, 0.15) is 11.6 Å². The maximum atomic E-state index is 12.8. The van der Waals surface area contributed by atoms with Crippen molar-refractivity contribution in [2.45, 2.75) is 13.3 Å². The Bertz CT molecular complexity index is 504. The Kier molecular flexibility index (Phi) is 9.07. The highest BCUT2D eigenvalue weighted by atomic mass is 19.1. The van der Waals surface area contributed by atoms with Crippen LogP contribution in [0.2, 0.25) is 0 Å². The molecule has 6 nitrogen and oxygen atoms in total. The SMILES string of the molecule is CCNC(=NCCCOc1ccc(F)cc1)NCCN1CCOCC1. The molecule has 0 saturated carbocycles. The second kappa shape index (κ2) is 11.7. The molecular formula is C18H29FN4O2. The molecule has 0 aliphatic carbocycles. The summed E-state index contributed by atoms with van der Waals surface area (Å²) < 4.78 is 23.7. The van der Waals surface area contributed by atoms with Crippen molar-refractivity contribution in [3.05, 3.63) is 30.1 Å². The molecule has 7 heteroatoms. The Morgan fingerprint density at radius 3 is 2.72 bits per heavy atom. The van der Waals surface area contributed by atoms with Gasteiger partial charge in [-0.3, -0.25) is 9.89 Å². The molecule has 2 N–H and O–H groups in total. The summed E-state index contributed by atoms with van der Waals surface area (Å²) in [7, 11) is 0. The number of hydrogen-bond donors (Lipinski definition) is 2. The quantitative estimate of drug-likeness (QED) is 0.401. The predicted octanol–water partition coefficient (Wildman–Crippen LogP) is 1.48. The summed E-state index contributed by atoms with van der Waals surface area (Å²) in [6, 6.07) is 6.07. The number of halogens is 1. The molecule has 0 aromatic heterocycles. The van der Waals surface area contributed by atoms with Crippen molar-refractivity contribution in [2.24, 2.45) is 4.99 Å². The first-order valence-corrected chi connectivity index (χ1v) is 8.98. The van der Waals surface area contributed by atoms with Gasteiger partial charge in [0.15, 0.2) is 5.96 Å². The molecule has 0 radical (unpaired) electrons. The number of nitrogens with zero attached hydrogens (tertiary/aromatic N) is 2. The van der Waals surface area contributed by atoms with Crippen LogP contribution in [0.3, 0.4) is 0 Å². The van der Waals surface area contributed by atoms with Crippen LogP contribution in [0.25, 0.3) is 0 Å². The van der Waals surface area contributed by atoms with Crippen LogP contribution in [0.5, 0.6) is 5.75 Å². The van der Waals surface area contributed by atoms with Gasteiger partial charge in [-0.15, -0.1) is 0 Å². The molecule has 1 fully saturated rings. The van der Waals surface area contributed by atoms with Gasteiger partial charge < -0.3 is 20.1 Å². The van der Waals surface area contributed by atoms with Crippen LogP contribution in [0, 0.1) is 5.82 Å². The van der Waals surface area contributed by atoms with Gasteiger partial charge in [0, 0.05) is 45.7 Å². The van der Waals surface area contributed by atoms with Crippen LogP contribution >= 0.6 is 0 Å². The third kappa shape index (κ3) is 8.18. The summed E-state index contributed by atoms with van der Waals surface area (Å²) in [5, 5.41) is 6.61. The average Bonchev–Trinajstić information content (AvgIpc) is 2.64. The number of rotatable bonds is 9. The lowest BCUT2D eigenvalue weighted by Crippen LogP contribution is -2.44. The lowest BCUT2D eigenvalue weighted by atomic mass is 10.3. The van der Waals surface area contributed by atoms with Crippen molar-refractivity contribution in [3.63, 3.8) is 0 Å². The van der Waals surface area contributed by atoms with Crippen molar-refractivity contribution in [3.8, 4) is 5.75 Å². The Balaban J connectivity index is 1.61. The van der Waals surface area contributed by atoms with Gasteiger partial charge in [-0.25, -0.2) is 4.39 Å². The molecule has 0 amide bonds. The van der Waals surface area contributed by atoms with Gasteiger partial charge in [0.25, 0.3) is 0 Å². The highest BCUT2D eigenvalue weighted by molar-refractivity contribution is 5.79. The fourth-order valence-corrected chi connectivity index (χ4v) is 2.48. The lowest BCUT2D eigenvalue weighted by molar-refractivity contribution is 0.0389. The molecule has 1 heterocycles. The van der Waals surface area contributed by atoms with Crippen molar-refractivity contribution in [1.29, 1.82) is 0 Å². The number of aliphatic imine (C=N–C) groups is 1. The fourth-order valence-electron chi connectivity index (χ4n) is 2.48. The van der Waals surface area contributed by atoms with Gasteiger partial charge in [-0.05, 0) is 31.2 Å². The maximum absolute atomic E-state index is 12.8. The van der Waals surface area contributed by atoms with Crippen LogP contribution in [-0.2, 0) is 4.74 Å². The second-order valence-electron chi connectivity index (χ2n) is 5.80. The first kappa shape index (κ1) is 19.5. The minimum absolute atomic E-state index is 0.254. The summed E-state index contributed by atoms with van der Waals surface area (Å²) in [5.41, 5.74) is 0. The number of morpholine rings is 1.